The van der Waals surface area contributed by atoms with E-state index >= 15 is 0 Å². The molecule has 2 N–H and O–H groups in total. The Morgan fingerprint density at radius 3 is 2.90 bits per heavy atom. The molecule has 1 atom stereocenters. The van der Waals surface area contributed by atoms with Crippen LogP contribution < -0.4 is 5.32 Å². The summed E-state index contributed by atoms with van der Waals surface area (Å²) in [6.45, 7) is 3.99. The van der Waals surface area contributed by atoms with Crippen molar-refractivity contribution in [3.63, 3.8) is 0 Å². The standard InChI is InChI=1S/C16H24N2O3/c19-9-11-21-10-7-17-16(20)15-6-8-18(13-15)12-14-4-2-1-3-5-14/h1-5,15,19H,6-13H2,(H,17,20). The Balaban J connectivity index is 1.66. The first kappa shape index (κ1) is 15.9. The van der Waals surface area contributed by atoms with Crippen molar-refractivity contribution in [3.8, 4) is 0 Å². The van der Waals surface area contributed by atoms with Crippen LogP contribution in [-0.4, -0.2) is 55.4 Å². The van der Waals surface area contributed by atoms with Crippen molar-refractivity contribution in [1.29, 1.82) is 0 Å². The number of nitrogens with zero attached hydrogens (tertiary/aromatic N) is 1. The summed E-state index contributed by atoms with van der Waals surface area (Å²) in [5, 5.41) is 11.5. The van der Waals surface area contributed by atoms with E-state index in [9.17, 15) is 4.79 Å². The molecule has 1 amide bonds. The summed E-state index contributed by atoms with van der Waals surface area (Å²) in [6, 6.07) is 10.3. The van der Waals surface area contributed by atoms with Gasteiger partial charge in [-0.05, 0) is 18.5 Å². The number of likely N-dealkylation sites (tertiary alicyclic amines) is 1. The molecule has 1 aromatic rings. The maximum Gasteiger partial charge on any atom is 0.224 e. The average Bonchev–Trinajstić information content (AvgIpc) is 2.96. The summed E-state index contributed by atoms with van der Waals surface area (Å²) in [4.78, 5) is 14.4. The highest BCUT2D eigenvalue weighted by atomic mass is 16.5. The molecule has 0 aliphatic carbocycles. The van der Waals surface area contributed by atoms with Crippen LogP contribution in [0, 0.1) is 5.92 Å². The van der Waals surface area contributed by atoms with E-state index in [0.717, 1.165) is 26.1 Å². The minimum atomic E-state index is 0.0189. The number of ether oxygens (including phenoxy) is 1. The first-order valence-electron chi connectivity index (χ1n) is 7.52. The smallest absolute Gasteiger partial charge is 0.224 e. The average molecular weight is 292 g/mol. The van der Waals surface area contributed by atoms with E-state index in [1.165, 1.54) is 5.56 Å². The summed E-state index contributed by atoms with van der Waals surface area (Å²) >= 11 is 0. The fourth-order valence-electron chi connectivity index (χ4n) is 2.59. The van der Waals surface area contributed by atoms with E-state index in [4.69, 9.17) is 9.84 Å². The Labute approximate surface area is 125 Å². The van der Waals surface area contributed by atoms with Crippen molar-refractivity contribution in [2.45, 2.75) is 13.0 Å². The second-order valence-electron chi connectivity index (χ2n) is 5.33. The van der Waals surface area contributed by atoms with Gasteiger partial charge in [-0.25, -0.2) is 0 Å². The SMILES string of the molecule is O=C(NCCOCCO)C1CCN(Cc2ccccc2)C1. The number of hydrogen-bond acceptors (Lipinski definition) is 4. The van der Waals surface area contributed by atoms with Crippen molar-refractivity contribution in [1.82, 2.24) is 10.2 Å². The largest absolute Gasteiger partial charge is 0.394 e. The van der Waals surface area contributed by atoms with Crippen molar-refractivity contribution in [2.24, 2.45) is 5.92 Å². The fraction of sp³-hybridized carbons (Fsp3) is 0.562. The summed E-state index contributed by atoms with van der Waals surface area (Å²) in [7, 11) is 0. The number of carbonyl (C=O) groups excluding carboxylic acids is 1. The zero-order valence-electron chi connectivity index (χ0n) is 12.3. The number of hydrogen-bond donors (Lipinski definition) is 2. The molecule has 0 bridgehead atoms. The normalized spacial score (nSPS) is 18.8. The van der Waals surface area contributed by atoms with Gasteiger partial charge in [-0.15, -0.1) is 0 Å². The first-order chi connectivity index (χ1) is 10.3. The van der Waals surface area contributed by atoms with Crippen LogP contribution in [0.2, 0.25) is 0 Å². The number of carbonyl (C=O) groups is 1. The van der Waals surface area contributed by atoms with E-state index in [2.05, 4.69) is 22.3 Å². The van der Waals surface area contributed by atoms with Gasteiger partial charge in [-0.3, -0.25) is 9.69 Å². The Morgan fingerprint density at radius 1 is 1.33 bits per heavy atom. The van der Waals surface area contributed by atoms with Gasteiger partial charge in [0, 0.05) is 19.6 Å². The molecule has 5 nitrogen and oxygen atoms in total. The van der Waals surface area contributed by atoms with Gasteiger partial charge in [0.1, 0.15) is 0 Å². The topological polar surface area (TPSA) is 61.8 Å². The minimum absolute atomic E-state index is 0.0189. The summed E-state index contributed by atoms with van der Waals surface area (Å²) in [6.07, 6.45) is 0.913. The van der Waals surface area contributed by atoms with Gasteiger partial charge in [0.05, 0.1) is 25.7 Å². The molecule has 0 radical (unpaired) electrons. The van der Waals surface area contributed by atoms with Crippen LogP contribution in [0.3, 0.4) is 0 Å². The molecule has 0 spiro atoms. The lowest BCUT2D eigenvalue weighted by Gasteiger charge is -2.16. The molecule has 1 aromatic carbocycles. The highest BCUT2D eigenvalue weighted by molar-refractivity contribution is 5.79. The zero-order chi connectivity index (χ0) is 14.9. The van der Waals surface area contributed by atoms with Crippen LogP contribution in [0.25, 0.3) is 0 Å². The number of amides is 1. The molecule has 5 heteroatoms. The lowest BCUT2D eigenvalue weighted by molar-refractivity contribution is -0.124. The monoisotopic (exact) mass is 292 g/mol. The maximum atomic E-state index is 12.0. The van der Waals surface area contributed by atoms with Gasteiger partial charge in [0.2, 0.25) is 5.91 Å². The molecule has 1 heterocycles. The summed E-state index contributed by atoms with van der Waals surface area (Å²) in [5.74, 6) is 0.185. The van der Waals surface area contributed by atoms with E-state index in [1.807, 2.05) is 18.2 Å². The Morgan fingerprint density at radius 2 is 2.14 bits per heavy atom. The van der Waals surface area contributed by atoms with Crippen LogP contribution in [0.1, 0.15) is 12.0 Å². The fourth-order valence-corrected chi connectivity index (χ4v) is 2.59. The summed E-state index contributed by atoms with van der Waals surface area (Å²) < 4.78 is 5.12. The molecule has 0 saturated carbocycles. The van der Waals surface area contributed by atoms with Gasteiger partial charge >= 0.3 is 0 Å². The van der Waals surface area contributed by atoms with Crippen LogP contribution in [0.15, 0.2) is 30.3 Å². The Kier molecular flexibility index (Phi) is 6.66. The van der Waals surface area contributed by atoms with Crippen molar-refractivity contribution < 1.29 is 14.6 Å². The number of aliphatic hydroxyl groups excluding tert-OH is 1. The maximum absolute atomic E-state index is 12.0. The molecule has 1 saturated heterocycles. The third-order valence-corrected chi connectivity index (χ3v) is 3.67. The van der Waals surface area contributed by atoms with Gasteiger partial charge in [0.25, 0.3) is 0 Å². The Hall–Kier alpha value is -1.43. The lowest BCUT2D eigenvalue weighted by Crippen LogP contribution is -2.34. The summed E-state index contributed by atoms with van der Waals surface area (Å²) in [5.41, 5.74) is 1.29. The van der Waals surface area contributed by atoms with Gasteiger partial charge in [-0.2, -0.15) is 0 Å². The molecular formula is C16H24N2O3. The van der Waals surface area contributed by atoms with Crippen molar-refractivity contribution >= 4 is 5.91 Å². The van der Waals surface area contributed by atoms with Crippen LogP contribution in [0.5, 0.6) is 0 Å². The van der Waals surface area contributed by atoms with Crippen LogP contribution in [-0.2, 0) is 16.1 Å². The van der Waals surface area contributed by atoms with E-state index in [1.54, 1.807) is 0 Å². The molecule has 2 rings (SSSR count). The third-order valence-electron chi connectivity index (χ3n) is 3.67. The highest BCUT2D eigenvalue weighted by Gasteiger charge is 2.27. The van der Waals surface area contributed by atoms with Crippen LogP contribution >= 0.6 is 0 Å². The number of nitrogens with one attached hydrogen (secondary N) is 1. The van der Waals surface area contributed by atoms with Gasteiger partial charge < -0.3 is 15.2 Å². The molecule has 116 valence electrons. The predicted molar refractivity (Wildman–Crippen MR) is 80.7 cm³/mol. The van der Waals surface area contributed by atoms with Gasteiger partial charge in [0.15, 0.2) is 0 Å². The molecule has 0 aromatic heterocycles. The van der Waals surface area contributed by atoms with E-state index < -0.39 is 0 Å². The molecule has 1 aliphatic rings. The quantitative estimate of drug-likeness (QED) is 0.690. The molecule has 1 fully saturated rings. The van der Waals surface area contributed by atoms with Gasteiger partial charge in [-0.1, -0.05) is 30.3 Å². The molecular weight excluding hydrogens is 268 g/mol. The zero-order valence-corrected chi connectivity index (χ0v) is 12.3. The van der Waals surface area contributed by atoms with Crippen molar-refractivity contribution in [2.75, 3.05) is 39.5 Å². The molecule has 1 aliphatic heterocycles. The number of benzene rings is 1. The minimum Gasteiger partial charge on any atom is -0.394 e. The highest BCUT2D eigenvalue weighted by Crippen LogP contribution is 2.18. The Bertz CT molecular complexity index is 425. The molecule has 21 heavy (non-hydrogen) atoms. The second kappa shape index (κ2) is 8.77. The molecule has 1 unspecified atom stereocenters. The van der Waals surface area contributed by atoms with Crippen molar-refractivity contribution in [3.05, 3.63) is 35.9 Å². The number of rotatable bonds is 8. The number of aliphatic hydroxyl groups is 1. The third kappa shape index (κ3) is 5.46. The van der Waals surface area contributed by atoms with E-state index in [0.29, 0.717) is 19.8 Å². The second-order valence-corrected chi connectivity index (χ2v) is 5.33. The first-order valence-corrected chi connectivity index (χ1v) is 7.52. The van der Waals surface area contributed by atoms with Crippen LogP contribution in [0.4, 0.5) is 0 Å². The lowest BCUT2D eigenvalue weighted by atomic mass is 10.1. The van der Waals surface area contributed by atoms with E-state index in [-0.39, 0.29) is 18.4 Å². The predicted octanol–water partition coefficient (Wildman–Crippen LogP) is 0.634.